The molecule has 1 aliphatic heterocycles. The molecule has 1 heterocycles. The highest BCUT2D eigenvalue weighted by molar-refractivity contribution is 7.89. The third-order valence-corrected chi connectivity index (χ3v) is 6.34. The van der Waals surface area contributed by atoms with Crippen molar-refractivity contribution >= 4 is 27.3 Å². The first-order valence-electron chi connectivity index (χ1n) is 10.1. The van der Waals surface area contributed by atoms with Gasteiger partial charge in [0.25, 0.3) is 0 Å². The van der Waals surface area contributed by atoms with Gasteiger partial charge in [0.2, 0.25) is 15.9 Å². The van der Waals surface area contributed by atoms with Gasteiger partial charge in [0.15, 0.2) is 0 Å². The van der Waals surface area contributed by atoms with Crippen LogP contribution in [0.3, 0.4) is 0 Å². The molecule has 0 saturated carbocycles. The van der Waals surface area contributed by atoms with Crippen LogP contribution in [0.25, 0.3) is 0 Å². The third-order valence-electron chi connectivity index (χ3n) is 4.86. The number of anilines is 2. The average molecular weight is 472 g/mol. The van der Waals surface area contributed by atoms with Crippen molar-refractivity contribution < 1.29 is 31.1 Å². The van der Waals surface area contributed by atoms with Crippen LogP contribution in [-0.2, 0) is 14.8 Å². The van der Waals surface area contributed by atoms with E-state index in [4.69, 9.17) is 0 Å². The number of hydrogen-bond acceptors (Lipinski definition) is 5. The maximum absolute atomic E-state index is 12.3. The van der Waals surface area contributed by atoms with Crippen LogP contribution in [0.1, 0.15) is 25.7 Å². The Labute approximate surface area is 184 Å². The fourth-order valence-electron chi connectivity index (χ4n) is 3.36. The molecular weight excluding hydrogens is 447 g/mol. The van der Waals surface area contributed by atoms with E-state index in [9.17, 15) is 26.4 Å². The molecular formula is C21H24F3N3O4S. The maximum atomic E-state index is 12.3. The summed E-state index contributed by atoms with van der Waals surface area (Å²) in [4.78, 5) is 14.2. The van der Waals surface area contributed by atoms with Crippen molar-refractivity contribution in [3.05, 3.63) is 48.5 Å². The zero-order valence-electron chi connectivity index (χ0n) is 17.2. The molecule has 1 amide bonds. The lowest BCUT2D eigenvalue weighted by molar-refractivity contribution is -0.274. The number of amides is 1. The van der Waals surface area contributed by atoms with Crippen molar-refractivity contribution in [1.82, 2.24) is 4.72 Å². The number of rotatable bonds is 8. The number of hydrogen-bond donors (Lipinski definition) is 2. The van der Waals surface area contributed by atoms with Crippen molar-refractivity contribution in [1.29, 1.82) is 0 Å². The molecule has 11 heteroatoms. The minimum absolute atomic E-state index is 0.109. The van der Waals surface area contributed by atoms with Crippen LogP contribution in [0.4, 0.5) is 24.5 Å². The predicted octanol–water partition coefficient (Wildman–Crippen LogP) is 3.88. The second kappa shape index (κ2) is 10.2. The molecule has 0 radical (unpaired) electrons. The van der Waals surface area contributed by atoms with Gasteiger partial charge in [-0.1, -0.05) is 6.07 Å². The first-order valence-corrected chi connectivity index (χ1v) is 11.6. The Hall–Kier alpha value is -2.79. The molecule has 0 aliphatic carbocycles. The number of carbonyl (C=O) groups excluding carboxylic acids is 1. The van der Waals surface area contributed by atoms with Gasteiger partial charge in [-0.25, -0.2) is 13.1 Å². The largest absolute Gasteiger partial charge is 0.573 e. The van der Waals surface area contributed by atoms with Gasteiger partial charge in [-0.2, -0.15) is 0 Å². The molecule has 0 unspecified atom stereocenters. The Morgan fingerprint density at radius 3 is 2.38 bits per heavy atom. The van der Waals surface area contributed by atoms with E-state index >= 15 is 0 Å². The van der Waals surface area contributed by atoms with Crippen LogP contribution in [0.15, 0.2) is 53.4 Å². The summed E-state index contributed by atoms with van der Waals surface area (Å²) in [6.07, 6.45) is -1.49. The molecule has 32 heavy (non-hydrogen) atoms. The van der Waals surface area contributed by atoms with Crippen LogP contribution in [0.2, 0.25) is 0 Å². The smallest absolute Gasteiger partial charge is 0.406 e. The van der Waals surface area contributed by atoms with Crippen LogP contribution in [0, 0.1) is 0 Å². The van der Waals surface area contributed by atoms with Crippen molar-refractivity contribution in [3.8, 4) is 5.75 Å². The average Bonchev–Trinajstić information content (AvgIpc) is 2.74. The summed E-state index contributed by atoms with van der Waals surface area (Å²) in [6.45, 7) is 1.78. The van der Waals surface area contributed by atoms with E-state index in [0.29, 0.717) is 5.69 Å². The first-order chi connectivity index (χ1) is 15.1. The van der Waals surface area contributed by atoms with E-state index in [0.717, 1.165) is 55.9 Å². The van der Waals surface area contributed by atoms with Crippen LogP contribution in [0.5, 0.6) is 5.75 Å². The van der Waals surface area contributed by atoms with Gasteiger partial charge in [-0.3, -0.25) is 4.79 Å². The summed E-state index contributed by atoms with van der Waals surface area (Å²) in [7, 11) is -3.98. The van der Waals surface area contributed by atoms with Crippen LogP contribution in [-0.4, -0.2) is 40.3 Å². The second-order valence-corrected chi connectivity index (χ2v) is 9.08. The van der Waals surface area contributed by atoms with Crippen molar-refractivity contribution in [2.45, 2.75) is 36.9 Å². The molecule has 0 aromatic heterocycles. The molecule has 2 N–H and O–H groups in total. The highest BCUT2D eigenvalue weighted by atomic mass is 32.2. The lowest BCUT2D eigenvalue weighted by Gasteiger charge is -2.29. The fourth-order valence-corrected chi connectivity index (χ4v) is 4.39. The quantitative estimate of drug-likeness (QED) is 0.610. The Balaban J connectivity index is 1.50. The standard InChI is InChI=1S/C21H24F3N3O4S/c22-21(23,24)31-18-7-9-19(10-8-18)32(29,30)25-12-11-20(28)26-16-5-4-6-17(15-16)27-13-2-1-3-14-27/h4-10,15,25H,1-3,11-14H2,(H,26,28). The van der Waals surface area contributed by atoms with Gasteiger partial charge in [-0.15, -0.1) is 13.2 Å². The number of benzene rings is 2. The SMILES string of the molecule is O=C(CCNS(=O)(=O)c1ccc(OC(F)(F)F)cc1)Nc1cccc(N2CCCCC2)c1. The number of carbonyl (C=O) groups is 1. The highest BCUT2D eigenvalue weighted by Gasteiger charge is 2.31. The molecule has 2 aromatic rings. The van der Waals surface area contributed by atoms with Gasteiger partial charge in [0.1, 0.15) is 5.75 Å². The minimum Gasteiger partial charge on any atom is -0.406 e. The molecule has 2 aromatic carbocycles. The second-order valence-electron chi connectivity index (χ2n) is 7.31. The van der Waals surface area contributed by atoms with E-state index < -0.39 is 22.1 Å². The number of ether oxygens (including phenoxy) is 1. The molecule has 174 valence electrons. The Bertz CT molecular complexity index is 1020. The van der Waals surface area contributed by atoms with E-state index in [1.165, 1.54) is 6.42 Å². The fraction of sp³-hybridized carbons (Fsp3) is 0.381. The summed E-state index contributed by atoms with van der Waals surface area (Å²) in [6, 6.07) is 11.3. The van der Waals surface area contributed by atoms with E-state index in [2.05, 4.69) is 19.7 Å². The first kappa shape index (κ1) is 23.9. The van der Waals surface area contributed by atoms with Gasteiger partial charge >= 0.3 is 6.36 Å². The van der Waals surface area contributed by atoms with E-state index in [1.807, 2.05) is 18.2 Å². The number of alkyl halides is 3. The normalized spacial score (nSPS) is 14.8. The topological polar surface area (TPSA) is 87.7 Å². The zero-order chi connectivity index (χ0) is 23.2. The lowest BCUT2D eigenvalue weighted by atomic mass is 10.1. The summed E-state index contributed by atoms with van der Waals surface area (Å²) >= 11 is 0. The number of halogens is 3. The van der Waals surface area contributed by atoms with Gasteiger partial charge in [0.05, 0.1) is 4.90 Å². The van der Waals surface area contributed by atoms with Crippen molar-refractivity contribution in [2.75, 3.05) is 29.9 Å². The predicted molar refractivity (Wildman–Crippen MR) is 114 cm³/mol. The minimum atomic E-state index is -4.86. The Morgan fingerprint density at radius 2 is 1.72 bits per heavy atom. The van der Waals surface area contributed by atoms with Gasteiger partial charge in [-0.05, 0) is 61.7 Å². The molecule has 0 bridgehead atoms. The molecule has 1 fully saturated rings. The lowest BCUT2D eigenvalue weighted by Crippen LogP contribution is -2.29. The number of nitrogens with zero attached hydrogens (tertiary/aromatic N) is 1. The summed E-state index contributed by atoms with van der Waals surface area (Å²) in [5.41, 5.74) is 1.65. The third kappa shape index (κ3) is 7.13. The summed E-state index contributed by atoms with van der Waals surface area (Å²) in [5.74, 6) is -0.889. The highest BCUT2D eigenvalue weighted by Crippen LogP contribution is 2.24. The molecule has 7 nitrogen and oxygen atoms in total. The van der Waals surface area contributed by atoms with E-state index in [1.54, 1.807) is 6.07 Å². The van der Waals surface area contributed by atoms with E-state index in [-0.39, 0.29) is 23.8 Å². The molecule has 1 saturated heterocycles. The Kier molecular flexibility index (Phi) is 7.62. The van der Waals surface area contributed by atoms with Gasteiger partial charge in [0, 0.05) is 37.4 Å². The molecule has 0 atom stereocenters. The number of sulfonamides is 1. The van der Waals surface area contributed by atoms with Crippen molar-refractivity contribution in [3.63, 3.8) is 0 Å². The number of nitrogens with one attached hydrogen (secondary N) is 2. The summed E-state index contributed by atoms with van der Waals surface area (Å²) in [5, 5.41) is 2.75. The molecule has 0 spiro atoms. The zero-order valence-corrected chi connectivity index (χ0v) is 18.0. The van der Waals surface area contributed by atoms with Gasteiger partial charge < -0.3 is 15.0 Å². The van der Waals surface area contributed by atoms with Crippen LogP contribution >= 0.6 is 0 Å². The maximum Gasteiger partial charge on any atom is 0.573 e. The van der Waals surface area contributed by atoms with Crippen molar-refractivity contribution in [2.24, 2.45) is 0 Å². The number of piperidine rings is 1. The monoisotopic (exact) mass is 471 g/mol. The van der Waals surface area contributed by atoms with Crippen LogP contribution < -0.4 is 19.7 Å². The summed E-state index contributed by atoms with van der Waals surface area (Å²) < 4.78 is 67.1. The molecule has 1 aliphatic rings. The molecule has 3 rings (SSSR count). The Morgan fingerprint density at radius 1 is 1.03 bits per heavy atom.